The van der Waals surface area contributed by atoms with Crippen molar-refractivity contribution in [3.8, 4) is 0 Å². The Morgan fingerprint density at radius 2 is 1.11 bits per heavy atom. The molecule has 7 heteroatoms. The minimum Gasteiger partial charge on any atom is -0.393 e. The maximum absolute atomic E-state index is 15.0. The Morgan fingerprint density at radius 3 is 1.53 bits per heavy atom. The Hall–Kier alpha value is -2.65. The molecule has 4 rings (SSSR count). The largest absolute Gasteiger partial charge is 0.393 e. The molecule has 0 bridgehead atoms. The summed E-state index contributed by atoms with van der Waals surface area (Å²) in [6.07, 6.45) is -6.01. The average Bonchev–Trinajstić information content (AvgIpc) is 2.94. The quantitative estimate of drug-likeness (QED) is 0.400. The van der Waals surface area contributed by atoms with Crippen LogP contribution in [-0.2, 0) is 43.5 Å². The van der Waals surface area contributed by atoms with Crippen molar-refractivity contribution >= 4 is 0 Å². The number of hydrogen-bond acceptors (Lipinski definition) is 6. The van der Waals surface area contributed by atoms with Crippen LogP contribution >= 0.6 is 0 Å². The predicted molar refractivity (Wildman–Crippen MR) is 133 cm³/mol. The van der Waals surface area contributed by atoms with Crippen molar-refractivity contribution in [2.45, 2.75) is 56.7 Å². The van der Waals surface area contributed by atoms with E-state index in [0.29, 0.717) is 0 Å². The standard InChI is InChI=1S/C29H33FO6/c1-32-29-28(35-20-23-15-9-4-10-16-23)27(34-19-22-13-7-3-8-14-22)26(25(36-29)24(30)17-31)33-18-21-11-5-2-6-12-21/h2-16,24-29,31H,17-20H2,1H3/t24-,25+,26+,27-,28-,29-/m0/s1. The minimum atomic E-state index is -1.69. The van der Waals surface area contributed by atoms with Crippen molar-refractivity contribution in [3.05, 3.63) is 108 Å². The summed E-state index contributed by atoms with van der Waals surface area (Å²) in [5, 5.41) is 9.64. The summed E-state index contributed by atoms with van der Waals surface area (Å²) < 4.78 is 45.5. The fourth-order valence-corrected chi connectivity index (χ4v) is 4.28. The summed E-state index contributed by atoms with van der Waals surface area (Å²) in [6, 6.07) is 29.0. The van der Waals surface area contributed by atoms with Gasteiger partial charge in [-0.3, -0.25) is 0 Å². The molecule has 0 aliphatic carbocycles. The van der Waals surface area contributed by atoms with Crippen molar-refractivity contribution < 1.29 is 33.2 Å². The van der Waals surface area contributed by atoms with Gasteiger partial charge in [-0.15, -0.1) is 0 Å². The van der Waals surface area contributed by atoms with Gasteiger partial charge in [-0.2, -0.15) is 0 Å². The summed E-state index contributed by atoms with van der Waals surface area (Å²) in [6.45, 7) is 0.0567. The lowest BCUT2D eigenvalue weighted by molar-refractivity contribution is -0.326. The van der Waals surface area contributed by atoms with Gasteiger partial charge in [0.05, 0.1) is 26.4 Å². The first-order valence-electron chi connectivity index (χ1n) is 12.1. The number of alkyl halides is 1. The molecule has 6 nitrogen and oxygen atoms in total. The number of aliphatic hydroxyl groups is 1. The molecular weight excluding hydrogens is 463 g/mol. The molecule has 3 aromatic carbocycles. The van der Waals surface area contributed by atoms with Crippen LogP contribution in [0.25, 0.3) is 0 Å². The molecule has 0 unspecified atom stereocenters. The van der Waals surface area contributed by atoms with Gasteiger partial charge >= 0.3 is 0 Å². The second-order valence-corrected chi connectivity index (χ2v) is 8.69. The molecular formula is C29H33FO6. The topological polar surface area (TPSA) is 66.4 Å². The first-order valence-corrected chi connectivity index (χ1v) is 12.1. The number of benzene rings is 3. The first kappa shape index (κ1) is 26.4. The summed E-state index contributed by atoms with van der Waals surface area (Å²) >= 11 is 0. The molecule has 3 aromatic rings. The molecule has 6 atom stereocenters. The number of hydrogen-bond donors (Lipinski definition) is 1. The molecule has 1 aliphatic heterocycles. The molecule has 1 aliphatic rings. The van der Waals surface area contributed by atoms with E-state index in [4.69, 9.17) is 23.7 Å². The summed E-state index contributed by atoms with van der Waals surface area (Å²) in [5.74, 6) is 0. The van der Waals surface area contributed by atoms with Crippen molar-refractivity contribution in [2.24, 2.45) is 0 Å². The fourth-order valence-electron chi connectivity index (χ4n) is 4.28. The molecule has 1 N–H and O–H groups in total. The zero-order valence-electron chi connectivity index (χ0n) is 20.3. The second-order valence-electron chi connectivity index (χ2n) is 8.69. The van der Waals surface area contributed by atoms with Crippen molar-refractivity contribution in [3.63, 3.8) is 0 Å². The van der Waals surface area contributed by atoms with E-state index in [1.807, 2.05) is 91.0 Å². The zero-order valence-corrected chi connectivity index (χ0v) is 20.3. The number of halogens is 1. The van der Waals surface area contributed by atoms with Crippen LogP contribution in [0, 0.1) is 0 Å². The smallest absolute Gasteiger partial charge is 0.186 e. The Balaban J connectivity index is 1.61. The Morgan fingerprint density at radius 1 is 0.694 bits per heavy atom. The lowest BCUT2D eigenvalue weighted by Crippen LogP contribution is -2.63. The fraction of sp³-hybridized carbons (Fsp3) is 0.379. The number of ether oxygens (including phenoxy) is 5. The minimum absolute atomic E-state index is 0.220. The van der Waals surface area contributed by atoms with Crippen LogP contribution in [0.1, 0.15) is 16.7 Å². The highest BCUT2D eigenvalue weighted by molar-refractivity contribution is 5.15. The van der Waals surface area contributed by atoms with E-state index >= 15 is 4.39 Å². The zero-order chi connectivity index (χ0) is 25.2. The third kappa shape index (κ3) is 6.97. The maximum Gasteiger partial charge on any atom is 0.186 e. The predicted octanol–water partition coefficient (Wildman–Crippen LogP) is 4.44. The van der Waals surface area contributed by atoms with Gasteiger partial charge in [0.15, 0.2) is 12.5 Å². The van der Waals surface area contributed by atoms with Crippen LogP contribution in [0.15, 0.2) is 91.0 Å². The van der Waals surface area contributed by atoms with Crippen molar-refractivity contribution in [1.82, 2.24) is 0 Å². The van der Waals surface area contributed by atoms with Gasteiger partial charge in [-0.25, -0.2) is 4.39 Å². The van der Waals surface area contributed by atoms with Crippen LogP contribution in [0.3, 0.4) is 0 Å². The van der Waals surface area contributed by atoms with Crippen molar-refractivity contribution in [2.75, 3.05) is 13.7 Å². The Kier molecular flexibility index (Phi) is 9.98. The maximum atomic E-state index is 15.0. The third-order valence-corrected chi connectivity index (χ3v) is 6.15. The van der Waals surface area contributed by atoms with E-state index in [-0.39, 0.29) is 19.8 Å². The van der Waals surface area contributed by atoms with Gasteiger partial charge in [-0.1, -0.05) is 91.0 Å². The third-order valence-electron chi connectivity index (χ3n) is 6.15. The molecule has 0 saturated carbocycles. The highest BCUT2D eigenvalue weighted by Crippen LogP contribution is 2.33. The van der Waals surface area contributed by atoms with Gasteiger partial charge in [0.2, 0.25) is 0 Å². The lowest BCUT2D eigenvalue weighted by atomic mass is 9.95. The van der Waals surface area contributed by atoms with Crippen molar-refractivity contribution in [1.29, 1.82) is 0 Å². The lowest BCUT2D eigenvalue weighted by Gasteiger charge is -2.46. The Labute approximate surface area is 211 Å². The number of aliphatic hydroxyl groups excluding tert-OH is 1. The molecule has 0 spiro atoms. The molecule has 1 heterocycles. The number of methoxy groups -OCH3 is 1. The summed E-state index contributed by atoms with van der Waals surface area (Å²) in [7, 11) is 1.48. The van der Waals surface area contributed by atoms with Gasteiger partial charge in [-0.05, 0) is 16.7 Å². The van der Waals surface area contributed by atoms with Crippen LogP contribution in [-0.4, -0.2) is 55.7 Å². The van der Waals surface area contributed by atoms with E-state index in [9.17, 15) is 5.11 Å². The van der Waals surface area contributed by atoms with Gasteiger partial charge in [0, 0.05) is 7.11 Å². The van der Waals surface area contributed by atoms with E-state index in [2.05, 4.69) is 0 Å². The Bertz CT molecular complexity index is 1010. The van der Waals surface area contributed by atoms with Gasteiger partial charge in [0.25, 0.3) is 0 Å². The molecule has 36 heavy (non-hydrogen) atoms. The second kappa shape index (κ2) is 13.6. The van der Waals surface area contributed by atoms with Crippen LogP contribution in [0.2, 0.25) is 0 Å². The van der Waals surface area contributed by atoms with Crippen LogP contribution in [0.5, 0.6) is 0 Å². The highest BCUT2D eigenvalue weighted by Gasteiger charge is 2.51. The average molecular weight is 497 g/mol. The van der Waals surface area contributed by atoms with E-state index in [1.54, 1.807) is 0 Å². The van der Waals surface area contributed by atoms with E-state index in [1.165, 1.54) is 7.11 Å². The summed E-state index contributed by atoms with van der Waals surface area (Å²) in [4.78, 5) is 0. The molecule has 0 aromatic heterocycles. The molecule has 1 saturated heterocycles. The molecule has 0 amide bonds. The van der Waals surface area contributed by atoms with E-state index < -0.39 is 43.5 Å². The SMILES string of the molecule is CO[C@H]1O[C@H]([C@@H](F)CO)[C@@H](OCc2ccccc2)[C@H](OCc2ccccc2)[C@@H]1OCc1ccccc1. The first-order chi connectivity index (χ1) is 17.7. The normalized spacial score (nSPS) is 24.9. The highest BCUT2D eigenvalue weighted by atomic mass is 19.1. The molecule has 192 valence electrons. The van der Waals surface area contributed by atoms with Crippen LogP contribution in [0.4, 0.5) is 4.39 Å². The number of rotatable bonds is 12. The molecule has 0 radical (unpaired) electrons. The monoisotopic (exact) mass is 496 g/mol. The van der Waals surface area contributed by atoms with Gasteiger partial charge in [0.1, 0.15) is 24.4 Å². The summed E-state index contributed by atoms with van der Waals surface area (Å²) in [5.41, 5.74) is 2.85. The molecule has 1 fully saturated rings. The van der Waals surface area contributed by atoms with Crippen LogP contribution < -0.4 is 0 Å². The van der Waals surface area contributed by atoms with E-state index in [0.717, 1.165) is 16.7 Å². The van der Waals surface area contributed by atoms with Gasteiger partial charge < -0.3 is 28.8 Å².